The Morgan fingerprint density at radius 2 is 1.93 bits per heavy atom. The number of hydrogen-bond donors (Lipinski definition) is 0. The Morgan fingerprint density at radius 3 is 2.60 bits per heavy atom. The quantitative estimate of drug-likeness (QED) is 0.544. The number of carbonyl (C=O) groups is 2. The van der Waals surface area contributed by atoms with E-state index in [9.17, 15) is 9.59 Å². The summed E-state index contributed by atoms with van der Waals surface area (Å²) >= 11 is 0. The summed E-state index contributed by atoms with van der Waals surface area (Å²) in [7, 11) is 0. The molecule has 0 bridgehead atoms. The second kappa shape index (κ2) is 4.26. The zero-order valence-electron chi connectivity index (χ0n) is 8.31. The van der Waals surface area contributed by atoms with Gasteiger partial charge in [0.25, 0.3) is 0 Å². The van der Waals surface area contributed by atoms with Gasteiger partial charge in [0, 0.05) is 6.42 Å². The van der Waals surface area contributed by atoms with Crippen molar-refractivity contribution in [3.63, 3.8) is 0 Å². The molecule has 3 heteroatoms. The lowest BCUT2D eigenvalue weighted by Crippen LogP contribution is -2.29. The summed E-state index contributed by atoms with van der Waals surface area (Å²) in [6.45, 7) is 0. The van der Waals surface area contributed by atoms with Crippen LogP contribution in [0.1, 0.15) is 18.4 Å². The fourth-order valence-electron chi connectivity index (χ4n) is 1.74. The van der Waals surface area contributed by atoms with Crippen LogP contribution in [0.2, 0.25) is 0 Å². The fraction of sp³-hybridized carbons (Fsp3) is 0.333. The predicted molar refractivity (Wildman–Crippen MR) is 54.0 cm³/mol. The van der Waals surface area contributed by atoms with Gasteiger partial charge in [-0.15, -0.1) is 0 Å². The monoisotopic (exact) mass is 204 g/mol. The van der Waals surface area contributed by atoms with Gasteiger partial charge in [0.1, 0.15) is 0 Å². The third kappa shape index (κ3) is 2.43. The summed E-state index contributed by atoms with van der Waals surface area (Å²) in [4.78, 5) is 22.2. The summed E-state index contributed by atoms with van der Waals surface area (Å²) in [6, 6.07) is 9.77. The predicted octanol–water partition coefficient (Wildman–Crippen LogP) is 1.71. The highest BCUT2D eigenvalue weighted by molar-refractivity contribution is 5.89. The number of cyclic esters (lactones) is 2. The van der Waals surface area contributed by atoms with E-state index in [1.165, 1.54) is 0 Å². The average Bonchev–Trinajstić information content (AvgIpc) is 2.24. The molecule has 1 fully saturated rings. The van der Waals surface area contributed by atoms with Crippen molar-refractivity contribution < 1.29 is 14.3 Å². The Kier molecular flexibility index (Phi) is 2.81. The Bertz CT molecular complexity index is 370. The van der Waals surface area contributed by atoms with Crippen molar-refractivity contribution >= 4 is 11.9 Å². The van der Waals surface area contributed by atoms with Crippen LogP contribution in [-0.4, -0.2) is 11.9 Å². The van der Waals surface area contributed by atoms with E-state index in [1.807, 2.05) is 30.3 Å². The van der Waals surface area contributed by atoms with E-state index in [0.29, 0.717) is 19.3 Å². The minimum atomic E-state index is -0.399. The molecule has 78 valence electrons. The average molecular weight is 204 g/mol. The lowest BCUT2D eigenvalue weighted by atomic mass is 9.93. The maximum Gasteiger partial charge on any atom is 0.316 e. The van der Waals surface area contributed by atoms with Crippen LogP contribution in [0.15, 0.2) is 30.3 Å². The van der Waals surface area contributed by atoms with Gasteiger partial charge in [-0.05, 0) is 18.4 Å². The molecule has 0 aliphatic carbocycles. The van der Waals surface area contributed by atoms with Crippen LogP contribution in [0.4, 0.5) is 0 Å². The van der Waals surface area contributed by atoms with Crippen LogP contribution in [0.25, 0.3) is 0 Å². The first-order chi connectivity index (χ1) is 7.25. The highest BCUT2D eigenvalue weighted by Crippen LogP contribution is 2.20. The summed E-state index contributed by atoms with van der Waals surface area (Å²) in [5, 5.41) is 0. The number of carbonyl (C=O) groups excluding carboxylic acids is 2. The molecule has 0 spiro atoms. The molecule has 1 aliphatic rings. The molecular formula is C12H12O3. The Balaban J connectivity index is 2.01. The minimum absolute atomic E-state index is 0.162. The summed E-state index contributed by atoms with van der Waals surface area (Å²) in [6.07, 6.45) is 1.61. The van der Waals surface area contributed by atoms with Crippen molar-refractivity contribution in [1.29, 1.82) is 0 Å². The largest absolute Gasteiger partial charge is 0.393 e. The molecule has 0 N–H and O–H groups in total. The number of benzene rings is 1. The second-order valence-corrected chi connectivity index (χ2v) is 3.72. The van der Waals surface area contributed by atoms with E-state index in [1.54, 1.807) is 0 Å². The molecule has 1 aromatic rings. The van der Waals surface area contributed by atoms with E-state index in [-0.39, 0.29) is 11.9 Å². The molecule has 1 aromatic carbocycles. The number of ether oxygens (including phenoxy) is 1. The van der Waals surface area contributed by atoms with E-state index in [4.69, 9.17) is 0 Å². The molecule has 0 saturated carbocycles. The molecule has 0 amide bonds. The van der Waals surface area contributed by atoms with Gasteiger partial charge in [0.05, 0.1) is 5.92 Å². The molecule has 1 unspecified atom stereocenters. The SMILES string of the molecule is O=C1CCC(Cc2ccccc2)C(=O)O1. The first-order valence-electron chi connectivity index (χ1n) is 5.04. The maximum absolute atomic E-state index is 11.4. The van der Waals surface area contributed by atoms with Crippen molar-refractivity contribution in [2.24, 2.45) is 5.92 Å². The van der Waals surface area contributed by atoms with Crippen LogP contribution in [0, 0.1) is 5.92 Å². The molecule has 0 aromatic heterocycles. The van der Waals surface area contributed by atoms with Crippen molar-refractivity contribution in [2.75, 3.05) is 0 Å². The van der Waals surface area contributed by atoms with E-state index < -0.39 is 5.97 Å². The molecule has 1 aliphatic heterocycles. The fourth-order valence-corrected chi connectivity index (χ4v) is 1.74. The first kappa shape index (κ1) is 9.90. The van der Waals surface area contributed by atoms with Crippen LogP contribution < -0.4 is 0 Å². The van der Waals surface area contributed by atoms with Crippen LogP contribution in [-0.2, 0) is 20.7 Å². The summed E-state index contributed by atoms with van der Waals surface area (Å²) < 4.78 is 4.59. The molecule has 1 atom stereocenters. The third-order valence-electron chi connectivity index (χ3n) is 2.57. The van der Waals surface area contributed by atoms with E-state index in [2.05, 4.69) is 4.74 Å². The molecule has 0 radical (unpaired) electrons. The number of rotatable bonds is 2. The number of hydrogen-bond acceptors (Lipinski definition) is 3. The topological polar surface area (TPSA) is 43.4 Å². The Morgan fingerprint density at radius 1 is 1.20 bits per heavy atom. The molecular weight excluding hydrogens is 192 g/mol. The summed E-state index contributed by atoms with van der Waals surface area (Å²) in [5.41, 5.74) is 1.11. The maximum atomic E-state index is 11.4. The van der Waals surface area contributed by atoms with Gasteiger partial charge >= 0.3 is 11.9 Å². The van der Waals surface area contributed by atoms with Gasteiger partial charge in [-0.3, -0.25) is 9.59 Å². The Hall–Kier alpha value is -1.64. The minimum Gasteiger partial charge on any atom is -0.393 e. The second-order valence-electron chi connectivity index (χ2n) is 3.72. The molecule has 1 heterocycles. The Labute approximate surface area is 88.1 Å². The smallest absolute Gasteiger partial charge is 0.316 e. The molecule has 15 heavy (non-hydrogen) atoms. The van der Waals surface area contributed by atoms with Crippen molar-refractivity contribution in [2.45, 2.75) is 19.3 Å². The first-order valence-corrected chi connectivity index (χ1v) is 5.04. The van der Waals surface area contributed by atoms with Gasteiger partial charge in [-0.1, -0.05) is 30.3 Å². The van der Waals surface area contributed by atoms with Crippen molar-refractivity contribution in [3.8, 4) is 0 Å². The molecule has 1 saturated heterocycles. The highest BCUT2D eigenvalue weighted by atomic mass is 16.6. The van der Waals surface area contributed by atoms with Crippen molar-refractivity contribution in [3.05, 3.63) is 35.9 Å². The lowest BCUT2D eigenvalue weighted by Gasteiger charge is -2.19. The summed E-state index contributed by atoms with van der Waals surface area (Å²) in [5.74, 6) is -0.940. The normalized spacial score (nSPS) is 21.2. The van der Waals surface area contributed by atoms with Gasteiger partial charge in [-0.25, -0.2) is 0 Å². The van der Waals surface area contributed by atoms with Crippen LogP contribution in [0.3, 0.4) is 0 Å². The molecule has 2 rings (SSSR count). The zero-order chi connectivity index (χ0) is 10.7. The van der Waals surface area contributed by atoms with Crippen LogP contribution in [0.5, 0.6) is 0 Å². The van der Waals surface area contributed by atoms with Gasteiger partial charge in [0.2, 0.25) is 0 Å². The zero-order valence-corrected chi connectivity index (χ0v) is 8.31. The van der Waals surface area contributed by atoms with Crippen LogP contribution >= 0.6 is 0 Å². The number of esters is 2. The lowest BCUT2D eigenvalue weighted by molar-refractivity contribution is -0.167. The van der Waals surface area contributed by atoms with Gasteiger partial charge in [-0.2, -0.15) is 0 Å². The van der Waals surface area contributed by atoms with E-state index >= 15 is 0 Å². The standard InChI is InChI=1S/C12H12O3/c13-11-7-6-10(12(14)15-11)8-9-4-2-1-3-5-9/h1-5,10H,6-8H2. The third-order valence-corrected chi connectivity index (χ3v) is 2.57. The molecule has 3 nitrogen and oxygen atoms in total. The highest BCUT2D eigenvalue weighted by Gasteiger charge is 2.28. The van der Waals surface area contributed by atoms with E-state index in [0.717, 1.165) is 5.56 Å². The van der Waals surface area contributed by atoms with Crippen molar-refractivity contribution in [1.82, 2.24) is 0 Å². The van der Waals surface area contributed by atoms with Gasteiger partial charge in [0.15, 0.2) is 0 Å². The van der Waals surface area contributed by atoms with Gasteiger partial charge < -0.3 is 4.74 Å².